The van der Waals surface area contributed by atoms with Crippen LogP contribution in [0.4, 0.5) is 32.6 Å². The number of ether oxygens (including phenoxy) is 2. The van der Waals surface area contributed by atoms with Gasteiger partial charge in [0.25, 0.3) is 0 Å². The molecule has 0 saturated heterocycles. The lowest BCUT2D eigenvalue weighted by atomic mass is 9.98. The fraction of sp³-hybridized carbons (Fsp3) is 0.357. The number of carbonyl (C=O) groups is 1. The first kappa shape index (κ1) is 21.6. The van der Waals surface area contributed by atoms with Gasteiger partial charge >= 0.3 is 22.4 Å². The fourth-order valence-electron chi connectivity index (χ4n) is 2.39. The molecule has 1 unspecified atom stereocenters. The van der Waals surface area contributed by atoms with Crippen LogP contribution in [0.15, 0.2) is 22.6 Å². The zero-order valence-corrected chi connectivity index (χ0v) is 14.8. The molecular formula is C14H11ClF8O3S. The Morgan fingerprint density at radius 2 is 1.81 bits per heavy atom. The molecule has 0 spiro atoms. The molecule has 0 N–H and O–H groups in total. The van der Waals surface area contributed by atoms with Gasteiger partial charge in [-0.25, -0.2) is 4.79 Å². The van der Waals surface area contributed by atoms with E-state index in [1.165, 1.54) is 6.92 Å². The maximum absolute atomic E-state index is 13.2. The Kier molecular flexibility index (Phi) is 4.72. The van der Waals surface area contributed by atoms with E-state index in [1.54, 1.807) is 0 Å². The van der Waals surface area contributed by atoms with Gasteiger partial charge in [-0.3, -0.25) is 0 Å². The van der Waals surface area contributed by atoms with E-state index in [0.29, 0.717) is 6.08 Å². The average Bonchev–Trinajstić information content (AvgIpc) is 2.49. The molecule has 1 aromatic carbocycles. The van der Waals surface area contributed by atoms with Crippen molar-refractivity contribution in [3.05, 3.63) is 28.8 Å². The first-order valence-electron chi connectivity index (χ1n) is 7.07. The van der Waals surface area contributed by atoms with Gasteiger partial charge in [-0.05, 0) is 30.2 Å². The molecule has 1 aliphatic heterocycles. The third-order valence-corrected chi connectivity index (χ3v) is 4.78. The van der Waals surface area contributed by atoms with Crippen molar-refractivity contribution in [2.24, 2.45) is 0 Å². The minimum Gasteiger partial charge on any atom is -0.475 e. The second-order valence-corrected chi connectivity index (χ2v) is 8.13. The van der Waals surface area contributed by atoms with Crippen molar-refractivity contribution in [3.63, 3.8) is 0 Å². The van der Waals surface area contributed by atoms with Crippen molar-refractivity contribution in [1.82, 2.24) is 0 Å². The smallest absolute Gasteiger partial charge is 0.430 e. The number of fused-ring (bicyclic) bond motifs is 1. The van der Waals surface area contributed by atoms with Gasteiger partial charge in [0, 0.05) is 5.56 Å². The molecule has 1 atom stereocenters. The van der Waals surface area contributed by atoms with Crippen LogP contribution in [0.5, 0.6) is 5.75 Å². The van der Waals surface area contributed by atoms with Crippen molar-refractivity contribution < 1.29 is 46.9 Å². The molecule has 154 valence electrons. The quantitative estimate of drug-likeness (QED) is 0.307. The molecule has 0 amide bonds. The molecule has 1 heterocycles. The second-order valence-electron chi connectivity index (χ2n) is 5.50. The third-order valence-electron chi connectivity index (χ3n) is 3.54. The number of halogens is 9. The lowest BCUT2D eigenvalue weighted by Crippen LogP contribution is -2.41. The zero-order valence-electron chi connectivity index (χ0n) is 13.3. The maximum atomic E-state index is 13.2. The summed E-state index contributed by atoms with van der Waals surface area (Å²) in [7, 11) is -10.1. The summed E-state index contributed by atoms with van der Waals surface area (Å²) in [6, 6.07) is -0.848. The number of hydrogen-bond donors (Lipinski definition) is 0. The van der Waals surface area contributed by atoms with Crippen LogP contribution in [0.3, 0.4) is 0 Å². The summed E-state index contributed by atoms with van der Waals surface area (Å²) >= 11 is 5.11. The SMILES string of the molecule is CCc1cc(S(F)(F)(F)(F)F)cc2c1OC(C(F)(F)F)C(C(=O)OCCl)=C2. The molecule has 2 rings (SSSR count). The highest BCUT2D eigenvalue weighted by Crippen LogP contribution is 3.02. The van der Waals surface area contributed by atoms with E-state index < -0.39 is 61.9 Å². The Bertz CT molecular complexity index is 817. The molecule has 0 aliphatic carbocycles. The van der Waals surface area contributed by atoms with E-state index in [-0.39, 0.29) is 18.6 Å². The van der Waals surface area contributed by atoms with E-state index in [4.69, 9.17) is 16.3 Å². The van der Waals surface area contributed by atoms with E-state index in [1.807, 2.05) is 0 Å². The third kappa shape index (κ3) is 4.60. The number of hydrogen-bond acceptors (Lipinski definition) is 3. The molecule has 0 fully saturated rings. The molecule has 1 aromatic rings. The second kappa shape index (κ2) is 5.90. The molecule has 0 aromatic heterocycles. The molecule has 0 radical (unpaired) electrons. The highest BCUT2D eigenvalue weighted by Gasteiger charge is 2.65. The van der Waals surface area contributed by atoms with Gasteiger partial charge in [0.1, 0.15) is 10.6 Å². The zero-order chi connectivity index (χ0) is 20.9. The van der Waals surface area contributed by atoms with Crippen molar-refractivity contribution in [1.29, 1.82) is 0 Å². The Labute approximate surface area is 152 Å². The molecule has 13 heteroatoms. The van der Waals surface area contributed by atoms with Crippen molar-refractivity contribution in [3.8, 4) is 5.75 Å². The Morgan fingerprint density at radius 3 is 2.26 bits per heavy atom. The highest BCUT2D eigenvalue weighted by molar-refractivity contribution is 8.45. The molecule has 0 bridgehead atoms. The first-order chi connectivity index (χ1) is 12.0. The van der Waals surface area contributed by atoms with Gasteiger partial charge < -0.3 is 9.47 Å². The number of esters is 1. The molecule has 1 aliphatic rings. The number of aryl methyl sites for hydroxylation is 1. The van der Waals surface area contributed by atoms with Gasteiger partial charge in [-0.2, -0.15) is 13.2 Å². The van der Waals surface area contributed by atoms with Crippen LogP contribution in [-0.4, -0.2) is 24.3 Å². The Hall–Kier alpha value is -1.69. The summed E-state index contributed by atoms with van der Waals surface area (Å²) in [5, 5.41) is 0. The molecule has 27 heavy (non-hydrogen) atoms. The highest BCUT2D eigenvalue weighted by atomic mass is 35.5. The number of rotatable bonds is 4. The first-order valence-corrected chi connectivity index (χ1v) is 9.55. The largest absolute Gasteiger partial charge is 0.475 e. The lowest BCUT2D eigenvalue weighted by molar-refractivity contribution is -0.187. The lowest BCUT2D eigenvalue weighted by Gasteiger charge is -2.41. The average molecular weight is 447 g/mol. The van der Waals surface area contributed by atoms with E-state index in [2.05, 4.69) is 4.74 Å². The maximum Gasteiger partial charge on any atom is 0.430 e. The molecular weight excluding hydrogens is 436 g/mol. The Balaban J connectivity index is 2.76. The summed E-state index contributed by atoms with van der Waals surface area (Å²) in [5.41, 5.74) is -2.48. The normalized spacial score (nSPS) is 19.9. The molecule has 3 nitrogen and oxygen atoms in total. The van der Waals surface area contributed by atoms with Gasteiger partial charge in [0.2, 0.25) is 6.10 Å². The van der Waals surface area contributed by atoms with Crippen molar-refractivity contribution >= 4 is 33.9 Å². The predicted octanol–water partition coefficient (Wildman–Crippen LogP) is 6.35. The van der Waals surface area contributed by atoms with Crippen molar-refractivity contribution in [2.45, 2.75) is 30.5 Å². The minimum atomic E-state index is -10.1. The topological polar surface area (TPSA) is 35.5 Å². The predicted molar refractivity (Wildman–Crippen MR) is 82.5 cm³/mol. The van der Waals surface area contributed by atoms with Crippen LogP contribution < -0.4 is 4.74 Å². The van der Waals surface area contributed by atoms with E-state index in [9.17, 15) is 37.4 Å². The fourth-order valence-corrected chi connectivity index (χ4v) is 3.20. The standard InChI is InChI=1S/C14H11ClF8O3S/c1-2-7-3-9(27(19,20,21,22)23)4-8-5-10(13(24)25-6-15)12(14(16,17)18)26-11(7)8/h3-5,12H,2,6H2,1H3. The minimum absolute atomic E-state index is 0.0454. The summed E-state index contributed by atoms with van der Waals surface area (Å²) in [4.78, 5) is 9.40. The van der Waals surface area contributed by atoms with Crippen LogP contribution in [0.25, 0.3) is 6.08 Å². The summed E-state index contributed by atoms with van der Waals surface area (Å²) < 4.78 is 114. The summed E-state index contributed by atoms with van der Waals surface area (Å²) in [6.07, 6.45) is -7.92. The van der Waals surface area contributed by atoms with Crippen LogP contribution in [-0.2, 0) is 16.0 Å². The van der Waals surface area contributed by atoms with Gasteiger partial charge in [-0.1, -0.05) is 38.0 Å². The van der Waals surface area contributed by atoms with Crippen LogP contribution in [0.2, 0.25) is 0 Å². The van der Waals surface area contributed by atoms with E-state index in [0.717, 1.165) is 0 Å². The molecule has 0 saturated carbocycles. The van der Waals surface area contributed by atoms with Crippen molar-refractivity contribution in [2.75, 3.05) is 6.07 Å². The van der Waals surface area contributed by atoms with Crippen LogP contribution in [0, 0.1) is 0 Å². The van der Waals surface area contributed by atoms with Gasteiger partial charge in [-0.15, -0.1) is 0 Å². The summed E-state index contributed by atoms with van der Waals surface area (Å²) in [5.74, 6) is -2.28. The van der Waals surface area contributed by atoms with Crippen LogP contribution >= 0.6 is 21.8 Å². The van der Waals surface area contributed by atoms with Crippen LogP contribution in [0.1, 0.15) is 18.1 Å². The monoisotopic (exact) mass is 446 g/mol. The van der Waals surface area contributed by atoms with E-state index >= 15 is 0 Å². The number of carbonyl (C=O) groups excluding carboxylic acids is 1. The number of benzene rings is 1. The van der Waals surface area contributed by atoms with Gasteiger partial charge in [0.15, 0.2) is 6.07 Å². The van der Waals surface area contributed by atoms with Gasteiger partial charge in [0.05, 0.1) is 5.57 Å². The number of alkyl halides is 4. The Morgan fingerprint density at radius 1 is 1.22 bits per heavy atom. The summed E-state index contributed by atoms with van der Waals surface area (Å²) in [6.45, 7) is 1.25.